The molecule has 1 heterocycles. The van der Waals surface area contributed by atoms with Crippen molar-refractivity contribution in [3.63, 3.8) is 0 Å². The second kappa shape index (κ2) is 7.08. The van der Waals surface area contributed by atoms with E-state index in [1.54, 1.807) is 0 Å². The Hall–Kier alpha value is -1.06. The van der Waals surface area contributed by atoms with Crippen molar-refractivity contribution in [2.75, 3.05) is 13.1 Å². The molecule has 150 valence electrons. The molecule has 0 spiro atoms. The highest BCUT2D eigenvalue weighted by Gasteiger charge is 2.54. The van der Waals surface area contributed by atoms with E-state index in [-0.39, 0.29) is 23.8 Å². The van der Waals surface area contributed by atoms with Gasteiger partial charge in [0, 0.05) is 18.0 Å². The summed E-state index contributed by atoms with van der Waals surface area (Å²) in [5, 5.41) is 3.11. The van der Waals surface area contributed by atoms with Gasteiger partial charge in [0.2, 0.25) is 11.8 Å². The third kappa shape index (κ3) is 3.31. The normalized spacial score (nSPS) is 41.1. The minimum absolute atomic E-state index is 0.136. The fourth-order valence-electron chi connectivity index (χ4n) is 7.94. The minimum Gasteiger partial charge on any atom is -0.347 e. The molecule has 4 heteroatoms. The average Bonchev–Trinajstić information content (AvgIpc) is 3.15. The first-order valence-corrected chi connectivity index (χ1v) is 11.7. The number of nitrogens with one attached hydrogen (secondary N) is 1. The summed E-state index contributed by atoms with van der Waals surface area (Å²) in [7, 11) is 0. The molecule has 1 saturated heterocycles. The first kappa shape index (κ1) is 18.0. The van der Waals surface area contributed by atoms with Crippen LogP contribution in [0.25, 0.3) is 0 Å². The van der Waals surface area contributed by atoms with Crippen molar-refractivity contribution < 1.29 is 9.59 Å². The van der Waals surface area contributed by atoms with Crippen LogP contribution in [0.3, 0.4) is 0 Å². The summed E-state index contributed by atoms with van der Waals surface area (Å²) in [5.74, 6) is 3.37. The number of carbonyl (C=O) groups is 2. The number of rotatable bonds is 4. The predicted molar refractivity (Wildman–Crippen MR) is 105 cm³/mol. The summed E-state index contributed by atoms with van der Waals surface area (Å²) in [4.78, 5) is 28.2. The van der Waals surface area contributed by atoms with E-state index in [2.05, 4.69) is 10.2 Å². The van der Waals surface area contributed by atoms with E-state index in [0.717, 1.165) is 50.0 Å². The second-order valence-corrected chi connectivity index (χ2v) is 10.6. The van der Waals surface area contributed by atoms with E-state index in [4.69, 9.17) is 0 Å². The van der Waals surface area contributed by atoms with Gasteiger partial charge in [-0.3, -0.25) is 9.59 Å². The molecule has 1 atom stereocenters. The monoisotopic (exact) mass is 372 g/mol. The Morgan fingerprint density at radius 1 is 0.852 bits per heavy atom. The molecule has 6 fully saturated rings. The van der Waals surface area contributed by atoms with Crippen molar-refractivity contribution in [2.24, 2.45) is 29.1 Å². The summed E-state index contributed by atoms with van der Waals surface area (Å²) >= 11 is 0. The van der Waals surface area contributed by atoms with Crippen molar-refractivity contribution in [2.45, 2.75) is 89.5 Å². The highest BCUT2D eigenvalue weighted by Crippen LogP contribution is 2.60. The Morgan fingerprint density at radius 2 is 1.48 bits per heavy atom. The standard InChI is InChI=1S/C23H36N2O2/c26-21(25-8-4-7-20(25)19-5-2-1-3-6-19)15-24-22(27)23-12-16-9-17(13-23)11-18(10-16)14-23/h16-20H,1-15H2,(H,24,27)/t16?,17?,18?,20-,23?/m0/s1. The van der Waals surface area contributed by atoms with E-state index >= 15 is 0 Å². The summed E-state index contributed by atoms with van der Waals surface area (Å²) < 4.78 is 0. The molecule has 0 aromatic heterocycles. The average molecular weight is 373 g/mol. The Kier molecular flexibility index (Phi) is 4.72. The van der Waals surface area contributed by atoms with Crippen molar-refractivity contribution in [3.8, 4) is 0 Å². The number of carbonyl (C=O) groups excluding carboxylic acids is 2. The Labute approximate surface area is 163 Å². The van der Waals surface area contributed by atoms with Gasteiger partial charge in [-0.15, -0.1) is 0 Å². The van der Waals surface area contributed by atoms with Crippen LogP contribution < -0.4 is 5.32 Å². The van der Waals surface area contributed by atoms with E-state index < -0.39 is 0 Å². The molecule has 0 unspecified atom stereocenters. The molecule has 0 radical (unpaired) electrons. The molecule has 6 aliphatic rings. The summed E-state index contributed by atoms with van der Waals surface area (Å²) in [6.45, 7) is 1.12. The maximum Gasteiger partial charge on any atom is 0.242 e. The van der Waals surface area contributed by atoms with E-state index in [0.29, 0.717) is 12.0 Å². The van der Waals surface area contributed by atoms with Gasteiger partial charge in [0.05, 0.1) is 6.54 Å². The maximum atomic E-state index is 13.1. The van der Waals surface area contributed by atoms with Crippen LogP contribution in [0.4, 0.5) is 0 Å². The molecule has 1 N–H and O–H groups in total. The molecule has 6 rings (SSSR count). The summed E-state index contributed by atoms with van der Waals surface area (Å²) in [6.07, 6.45) is 16.2. The number of amides is 2. The topological polar surface area (TPSA) is 49.4 Å². The van der Waals surface area contributed by atoms with Gasteiger partial charge in [0.15, 0.2) is 0 Å². The van der Waals surface area contributed by atoms with Gasteiger partial charge in [-0.05, 0) is 87.9 Å². The number of hydrogen-bond donors (Lipinski definition) is 1. The molecule has 0 aromatic rings. The number of nitrogens with zero attached hydrogens (tertiary/aromatic N) is 1. The molecule has 2 amide bonds. The van der Waals surface area contributed by atoms with Crippen molar-refractivity contribution in [3.05, 3.63) is 0 Å². The van der Waals surface area contributed by atoms with Crippen LogP contribution in [0.1, 0.15) is 83.5 Å². The third-order valence-electron chi connectivity index (χ3n) is 8.73. The van der Waals surface area contributed by atoms with Crippen LogP contribution in [0.5, 0.6) is 0 Å². The van der Waals surface area contributed by atoms with Gasteiger partial charge in [0.1, 0.15) is 0 Å². The summed E-state index contributed by atoms with van der Waals surface area (Å²) in [5.41, 5.74) is -0.136. The van der Waals surface area contributed by atoms with Crippen molar-refractivity contribution in [1.29, 1.82) is 0 Å². The molecular formula is C23H36N2O2. The first-order valence-electron chi connectivity index (χ1n) is 11.7. The molecule has 5 aliphatic carbocycles. The predicted octanol–water partition coefficient (Wildman–Crippen LogP) is 3.89. The second-order valence-electron chi connectivity index (χ2n) is 10.6. The smallest absolute Gasteiger partial charge is 0.242 e. The third-order valence-corrected chi connectivity index (χ3v) is 8.73. The molecule has 5 saturated carbocycles. The Morgan fingerprint density at radius 3 is 2.11 bits per heavy atom. The van der Waals surface area contributed by atoms with Gasteiger partial charge >= 0.3 is 0 Å². The molecule has 4 nitrogen and oxygen atoms in total. The quantitative estimate of drug-likeness (QED) is 0.814. The van der Waals surface area contributed by atoms with Crippen LogP contribution in [-0.2, 0) is 9.59 Å². The zero-order valence-corrected chi connectivity index (χ0v) is 16.8. The zero-order valence-electron chi connectivity index (χ0n) is 16.8. The van der Waals surface area contributed by atoms with Crippen LogP contribution in [0.15, 0.2) is 0 Å². The Balaban J connectivity index is 1.18. The van der Waals surface area contributed by atoms with Gasteiger partial charge in [-0.25, -0.2) is 0 Å². The van der Waals surface area contributed by atoms with Crippen LogP contribution >= 0.6 is 0 Å². The van der Waals surface area contributed by atoms with E-state index in [1.807, 2.05) is 0 Å². The number of likely N-dealkylation sites (tertiary alicyclic amines) is 1. The molecule has 1 aliphatic heterocycles. The fraction of sp³-hybridized carbons (Fsp3) is 0.913. The zero-order chi connectivity index (χ0) is 18.4. The Bertz CT molecular complexity index is 560. The summed E-state index contributed by atoms with van der Waals surface area (Å²) in [6, 6.07) is 0.439. The molecular weight excluding hydrogens is 336 g/mol. The molecule has 27 heavy (non-hydrogen) atoms. The molecule has 0 aromatic carbocycles. The fourth-order valence-corrected chi connectivity index (χ4v) is 7.94. The van der Waals surface area contributed by atoms with Crippen molar-refractivity contribution >= 4 is 11.8 Å². The highest BCUT2D eigenvalue weighted by molar-refractivity contribution is 5.88. The van der Waals surface area contributed by atoms with Gasteiger partial charge in [0.25, 0.3) is 0 Å². The van der Waals surface area contributed by atoms with Gasteiger partial charge in [-0.1, -0.05) is 19.3 Å². The van der Waals surface area contributed by atoms with E-state index in [9.17, 15) is 9.59 Å². The largest absolute Gasteiger partial charge is 0.347 e. The van der Waals surface area contributed by atoms with Gasteiger partial charge in [-0.2, -0.15) is 0 Å². The lowest BCUT2D eigenvalue weighted by molar-refractivity contribution is -0.148. The SMILES string of the molecule is O=C(CNC(=O)C12CC3CC(CC(C3)C1)C2)N1CCC[C@H]1C1CCCCC1. The first-order chi connectivity index (χ1) is 13.1. The van der Waals surface area contributed by atoms with Crippen LogP contribution in [0, 0.1) is 29.1 Å². The highest BCUT2D eigenvalue weighted by atomic mass is 16.2. The lowest BCUT2D eigenvalue weighted by Gasteiger charge is -2.55. The minimum atomic E-state index is -0.136. The van der Waals surface area contributed by atoms with Crippen molar-refractivity contribution in [1.82, 2.24) is 10.2 Å². The van der Waals surface area contributed by atoms with Crippen LogP contribution in [0.2, 0.25) is 0 Å². The van der Waals surface area contributed by atoms with Crippen LogP contribution in [-0.4, -0.2) is 35.8 Å². The lowest BCUT2D eigenvalue weighted by Crippen LogP contribution is -2.55. The van der Waals surface area contributed by atoms with Gasteiger partial charge < -0.3 is 10.2 Å². The molecule has 4 bridgehead atoms. The van der Waals surface area contributed by atoms with E-state index in [1.165, 1.54) is 57.8 Å². The number of hydrogen-bond acceptors (Lipinski definition) is 2. The lowest BCUT2D eigenvalue weighted by atomic mass is 9.49. The maximum absolute atomic E-state index is 13.1.